The van der Waals surface area contributed by atoms with Gasteiger partial charge in [0.15, 0.2) is 5.65 Å². The number of carbonyl (C=O) groups is 1. The van der Waals surface area contributed by atoms with Gasteiger partial charge in [-0.1, -0.05) is 12.2 Å². The first-order chi connectivity index (χ1) is 11.1. The Hall–Kier alpha value is -2.17. The van der Waals surface area contributed by atoms with Gasteiger partial charge in [0.1, 0.15) is 0 Å². The van der Waals surface area contributed by atoms with E-state index in [1.54, 1.807) is 6.20 Å². The average molecular weight is 313 g/mol. The number of hydrogen-bond donors (Lipinski definition) is 0. The molecule has 5 heteroatoms. The number of pyridine rings is 1. The molecule has 2 aromatic rings. The van der Waals surface area contributed by atoms with Gasteiger partial charge in [0.05, 0.1) is 24.1 Å². The fourth-order valence-corrected chi connectivity index (χ4v) is 2.93. The van der Waals surface area contributed by atoms with Gasteiger partial charge < -0.3 is 4.74 Å². The van der Waals surface area contributed by atoms with Crippen LogP contribution in [0.2, 0.25) is 0 Å². The lowest BCUT2D eigenvalue weighted by Crippen LogP contribution is -2.16. The Morgan fingerprint density at radius 3 is 2.96 bits per heavy atom. The Labute approximate surface area is 136 Å². The second kappa shape index (κ2) is 6.52. The molecule has 5 nitrogen and oxygen atoms in total. The SMILES string of the molecule is Cc1nc2c(cnn2C(C)C)cc1C(=O)OCC1CC=CCC1. The van der Waals surface area contributed by atoms with E-state index in [1.165, 1.54) is 0 Å². The lowest BCUT2D eigenvalue weighted by Gasteiger charge is -2.17. The maximum absolute atomic E-state index is 12.4. The highest BCUT2D eigenvalue weighted by Crippen LogP contribution is 2.22. The number of ether oxygens (including phenoxy) is 1. The number of fused-ring (bicyclic) bond motifs is 1. The molecular weight excluding hydrogens is 290 g/mol. The van der Waals surface area contributed by atoms with Gasteiger partial charge in [-0.25, -0.2) is 14.5 Å². The summed E-state index contributed by atoms with van der Waals surface area (Å²) in [5, 5.41) is 5.22. The summed E-state index contributed by atoms with van der Waals surface area (Å²) in [5.74, 6) is 0.147. The molecule has 0 radical (unpaired) electrons. The second-order valence-corrected chi connectivity index (χ2v) is 6.47. The predicted octanol–water partition coefficient (Wildman–Crippen LogP) is 3.83. The fraction of sp³-hybridized carbons (Fsp3) is 0.500. The maximum atomic E-state index is 12.4. The zero-order valence-electron chi connectivity index (χ0n) is 14.0. The van der Waals surface area contributed by atoms with E-state index in [4.69, 9.17) is 4.74 Å². The molecule has 0 N–H and O–H groups in total. The van der Waals surface area contributed by atoms with Crippen LogP contribution in [-0.4, -0.2) is 27.3 Å². The molecule has 0 fully saturated rings. The standard InChI is InChI=1S/C18H23N3O2/c1-12(2)21-17-15(10-19-21)9-16(13(3)20-17)18(22)23-11-14-7-5-4-6-8-14/h4-5,9-10,12,14H,6-8,11H2,1-3H3. The molecule has 0 spiro atoms. The molecule has 0 aromatic carbocycles. The van der Waals surface area contributed by atoms with Crippen LogP contribution in [0.3, 0.4) is 0 Å². The number of aromatic nitrogens is 3. The van der Waals surface area contributed by atoms with Crippen LogP contribution in [0.5, 0.6) is 0 Å². The van der Waals surface area contributed by atoms with Crippen LogP contribution in [0.25, 0.3) is 11.0 Å². The molecule has 1 aliphatic rings. The molecule has 0 bridgehead atoms. The summed E-state index contributed by atoms with van der Waals surface area (Å²) in [4.78, 5) is 16.9. The Bertz CT molecular complexity index is 746. The van der Waals surface area contributed by atoms with Crippen molar-refractivity contribution in [2.75, 3.05) is 6.61 Å². The minimum Gasteiger partial charge on any atom is -0.462 e. The molecule has 0 aliphatic heterocycles. The second-order valence-electron chi connectivity index (χ2n) is 6.47. The summed E-state index contributed by atoms with van der Waals surface area (Å²) in [6.45, 7) is 6.44. The van der Waals surface area contributed by atoms with Gasteiger partial charge in [-0.3, -0.25) is 0 Å². The van der Waals surface area contributed by atoms with E-state index in [1.807, 2.05) is 17.7 Å². The van der Waals surface area contributed by atoms with Gasteiger partial charge >= 0.3 is 5.97 Å². The smallest absolute Gasteiger partial charge is 0.340 e. The van der Waals surface area contributed by atoms with Crippen LogP contribution < -0.4 is 0 Å². The van der Waals surface area contributed by atoms with Crippen LogP contribution in [-0.2, 0) is 4.74 Å². The predicted molar refractivity (Wildman–Crippen MR) is 89.4 cm³/mol. The van der Waals surface area contributed by atoms with Crippen LogP contribution in [0.1, 0.15) is 55.2 Å². The number of rotatable bonds is 4. The van der Waals surface area contributed by atoms with Gasteiger partial charge in [0.25, 0.3) is 0 Å². The van der Waals surface area contributed by atoms with Gasteiger partial charge in [0, 0.05) is 11.4 Å². The highest BCUT2D eigenvalue weighted by atomic mass is 16.5. The Morgan fingerprint density at radius 2 is 2.26 bits per heavy atom. The van der Waals surface area contributed by atoms with Crippen molar-refractivity contribution in [2.24, 2.45) is 5.92 Å². The molecule has 2 aromatic heterocycles. The molecule has 0 saturated carbocycles. The van der Waals surface area contributed by atoms with E-state index in [-0.39, 0.29) is 12.0 Å². The monoisotopic (exact) mass is 313 g/mol. The molecule has 3 rings (SSSR count). The summed E-state index contributed by atoms with van der Waals surface area (Å²) in [7, 11) is 0. The van der Waals surface area contributed by atoms with Gasteiger partial charge in [-0.05, 0) is 52.0 Å². The molecule has 122 valence electrons. The van der Waals surface area contributed by atoms with Crippen molar-refractivity contribution in [3.8, 4) is 0 Å². The topological polar surface area (TPSA) is 57.0 Å². The third-order valence-electron chi connectivity index (χ3n) is 4.30. The van der Waals surface area contributed by atoms with Crippen molar-refractivity contribution in [3.63, 3.8) is 0 Å². The lowest BCUT2D eigenvalue weighted by atomic mass is 9.95. The van der Waals surface area contributed by atoms with E-state index < -0.39 is 0 Å². The molecule has 1 atom stereocenters. The average Bonchev–Trinajstić information content (AvgIpc) is 2.95. The van der Waals surface area contributed by atoms with Crippen molar-refractivity contribution in [2.45, 2.75) is 46.1 Å². The highest BCUT2D eigenvalue weighted by molar-refractivity contribution is 5.94. The van der Waals surface area contributed by atoms with Crippen LogP contribution in [0.15, 0.2) is 24.4 Å². The third kappa shape index (κ3) is 3.28. The fourth-order valence-electron chi connectivity index (χ4n) is 2.93. The van der Waals surface area contributed by atoms with Crippen LogP contribution in [0.4, 0.5) is 0 Å². The van der Waals surface area contributed by atoms with Crippen LogP contribution >= 0.6 is 0 Å². The van der Waals surface area contributed by atoms with Crippen LogP contribution in [0, 0.1) is 12.8 Å². The maximum Gasteiger partial charge on any atom is 0.340 e. The summed E-state index contributed by atoms with van der Waals surface area (Å²) < 4.78 is 7.38. The number of hydrogen-bond acceptors (Lipinski definition) is 4. The number of esters is 1. The molecule has 23 heavy (non-hydrogen) atoms. The van der Waals surface area contributed by atoms with Gasteiger partial charge in [-0.2, -0.15) is 5.10 Å². The summed E-state index contributed by atoms with van der Waals surface area (Å²) in [5.41, 5.74) is 2.03. The summed E-state index contributed by atoms with van der Waals surface area (Å²) in [6, 6.07) is 2.07. The van der Waals surface area contributed by atoms with Crippen molar-refractivity contribution < 1.29 is 9.53 Å². The highest BCUT2D eigenvalue weighted by Gasteiger charge is 2.18. The first-order valence-corrected chi connectivity index (χ1v) is 8.23. The molecule has 1 unspecified atom stereocenters. The van der Waals surface area contributed by atoms with Gasteiger partial charge in [-0.15, -0.1) is 0 Å². The quantitative estimate of drug-likeness (QED) is 0.636. The summed E-state index contributed by atoms with van der Waals surface area (Å²) >= 11 is 0. The first kappa shape index (κ1) is 15.7. The van der Waals surface area contributed by atoms with E-state index in [2.05, 4.69) is 36.1 Å². The van der Waals surface area contributed by atoms with E-state index >= 15 is 0 Å². The minimum atomic E-state index is -0.288. The lowest BCUT2D eigenvalue weighted by molar-refractivity contribution is 0.0431. The van der Waals surface area contributed by atoms with Crippen molar-refractivity contribution in [1.82, 2.24) is 14.8 Å². The Kier molecular flexibility index (Phi) is 4.46. The van der Waals surface area contributed by atoms with Crippen molar-refractivity contribution in [1.29, 1.82) is 0 Å². The third-order valence-corrected chi connectivity index (χ3v) is 4.30. The normalized spacial score (nSPS) is 17.8. The van der Waals surface area contributed by atoms with E-state index in [0.29, 0.717) is 23.8 Å². The number of aryl methyl sites for hydroxylation is 1. The number of nitrogens with zero attached hydrogens (tertiary/aromatic N) is 3. The van der Waals surface area contributed by atoms with E-state index in [9.17, 15) is 4.79 Å². The molecule has 2 heterocycles. The summed E-state index contributed by atoms with van der Waals surface area (Å²) in [6.07, 6.45) is 9.26. The van der Waals surface area contributed by atoms with Crippen molar-refractivity contribution in [3.05, 3.63) is 35.7 Å². The molecule has 0 saturated heterocycles. The molecule has 1 aliphatic carbocycles. The Balaban J connectivity index is 1.77. The Morgan fingerprint density at radius 1 is 1.43 bits per heavy atom. The zero-order valence-corrected chi connectivity index (χ0v) is 14.0. The van der Waals surface area contributed by atoms with E-state index in [0.717, 1.165) is 30.3 Å². The number of allylic oxidation sites excluding steroid dienone is 2. The molecule has 0 amide bonds. The largest absolute Gasteiger partial charge is 0.462 e. The van der Waals surface area contributed by atoms with Gasteiger partial charge in [0.2, 0.25) is 0 Å². The zero-order chi connectivity index (χ0) is 16.4. The van der Waals surface area contributed by atoms with Crippen molar-refractivity contribution >= 4 is 17.0 Å². The minimum absolute atomic E-state index is 0.233. The number of carbonyl (C=O) groups excluding carboxylic acids is 1. The first-order valence-electron chi connectivity index (χ1n) is 8.23. The molecular formula is C18H23N3O2.